The summed E-state index contributed by atoms with van der Waals surface area (Å²) in [6.07, 6.45) is 2.49. The lowest BCUT2D eigenvalue weighted by Crippen LogP contribution is -2.50. The molecule has 0 radical (unpaired) electrons. The van der Waals surface area contributed by atoms with Gasteiger partial charge in [0.25, 0.3) is 0 Å². The second-order valence-electron chi connectivity index (χ2n) is 14.1. The zero-order chi connectivity index (χ0) is 31.6. The zero-order valence-corrected chi connectivity index (χ0v) is 27.1. The molecule has 13 heteroatoms. The minimum Gasteiger partial charge on any atom is -0.486 e. The van der Waals surface area contributed by atoms with Crippen LogP contribution in [0.2, 0.25) is 0 Å². The van der Waals surface area contributed by atoms with Crippen molar-refractivity contribution in [2.24, 2.45) is 0 Å². The number of sulfone groups is 1. The topological polar surface area (TPSA) is 131 Å². The van der Waals surface area contributed by atoms with Gasteiger partial charge < -0.3 is 24.0 Å². The highest BCUT2D eigenvalue weighted by atomic mass is 32.2. The van der Waals surface area contributed by atoms with E-state index in [1.54, 1.807) is 4.90 Å². The first kappa shape index (κ1) is 30.4. The van der Waals surface area contributed by atoms with E-state index in [1.807, 2.05) is 52.5 Å². The minimum atomic E-state index is -3.11. The van der Waals surface area contributed by atoms with Crippen LogP contribution >= 0.6 is 0 Å². The molecule has 2 amide bonds. The molecule has 2 saturated heterocycles. The molecule has 4 aliphatic rings. The Hall–Kier alpha value is -3.61. The Labute approximate surface area is 258 Å². The number of ether oxygens (including phenoxy) is 3. The van der Waals surface area contributed by atoms with Gasteiger partial charge in [0.2, 0.25) is 0 Å². The van der Waals surface area contributed by atoms with E-state index in [0.717, 1.165) is 24.0 Å². The van der Waals surface area contributed by atoms with Crippen LogP contribution in [0.25, 0.3) is 0 Å². The van der Waals surface area contributed by atoms with Crippen molar-refractivity contribution in [2.75, 3.05) is 47.5 Å². The molecular weight excluding hydrogens is 586 g/mol. The quantitative estimate of drug-likeness (QED) is 0.464. The molecular formula is C31H41N5O7S. The third-order valence-corrected chi connectivity index (χ3v) is 9.68. The molecule has 0 N–H and O–H groups in total. The molecule has 0 atom stereocenters. The van der Waals surface area contributed by atoms with E-state index < -0.39 is 27.1 Å². The Morgan fingerprint density at radius 3 is 2.11 bits per heavy atom. The number of benzene rings is 1. The maximum absolute atomic E-state index is 14.0. The van der Waals surface area contributed by atoms with Crippen molar-refractivity contribution in [2.45, 2.75) is 84.0 Å². The summed E-state index contributed by atoms with van der Waals surface area (Å²) in [5.41, 5.74) is 1.80. The van der Waals surface area contributed by atoms with Gasteiger partial charge in [-0.25, -0.2) is 32.9 Å². The number of aromatic nitrogens is 2. The summed E-state index contributed by atoms with van der Waals surface area (Å²) in [4.78, 5) is 40.9. The molecule has 1 aliphatic carbocycles. The fraction of sp³-hybridized carbons (Fsp3) is 0.613. The van der Waals surface area contributed by atoms with Crippen LogP contribution in [0.3, 0.4) is 0 Å². The zero-order valence-electron chi connectivity index (χ0n) is 26.3. The predicted molar refractivity (Wildman–Crippen MR) is 165 cm³/mol. The van der Waals surface area contributed by atoms with E-state index >= 15 is 0 Å². The highest BCUT2D eigenvalue weighted by Gasteiger charge is 2.41. The van der Waals surface area contributed by atoms with Crippen LogP contribution in [0.4, 0.5) is 26.9 Å². The van der Waals surface area contributed by atoms with Crippen LogP contribution in [0.1, 0.15) is 82.9 Å². The van der Waals surface area contributed by atoms with Crippen molar-refractivity contribution >= 4 is 39.3 Å². The fourth-order valence-electron chi connectivity index (χ4n) is 5.74. The van der Waals surface area contributed by atoms with Gasteiger partial charge in [0.15, 0.2) is 15.7 Å². The maximum atomic E-state index is 14.0. The largest absolute Gasteiger partial charge is 0.486 e. The summed E-state index contributed by atoms with van der Waals surface area (Å²) < 4.78 is 42.3. The van der Waals surface area contributed by atoms with E-state index in [2.05, 4.69) is 16.0 Å². The van der Waals surface area contributed by atoms with Crippen molar-refractivity contribution < 1.29 is 32.2 Å². The standard InChI is InChI=1S/C31H41N5O7S/c1-30(2,3)42-28(37)35-15-21(16-35)20-13-22(19-7-8-19)25-24(14-20)36(29(38)43-31(4,5)6)27-23(17-41-25)26(32-18-33-27)34-9-11-44(39,40)12-10-34/h13-14,18-19,21H,7-12,15-17H2,1-6H3. The van der Waals surface area contributed by atoms with Crippen molar-refractivity contribution in [1.29, 1.82) is 0 Å². The van der Waals surface area contributed by atoms with Crippen LogP contribution in [0.15, 0.2) is 18.5 Å². The summed E-state index contributed by atoms with van der Waals surface area (Å²) in [6, 6.07) is 4.10. The molecule has 1 saturated carbocycles. The van der Waals surface area contributed by atoms with Crippen molar-refractivity contribution in [1.82, 2.24) is 14.9 Å². The molecule has 6 rings (SSSR count). The molecule has 2 aromatic rings. The van der Waals surface area contributed by atoms with Gasteiger partial charge in [-0.15, -0.1) is 0 Å². The average Bonchev–Trinajstić information content (AvgIpc) is 3.72. The van der Waals surface area contributed by atoms with Crippen LogP contribution in [0.5, 0.6) is 5.75 Å². The number of carbonyl (C=O) groups excluding carboxylic acids is 2. The monoisotopic (exact) mass is 627 g/mol. The molecule has 238 valence electrons. The Morgan fingerprint density at radius 2 is 1.50 bits per heavy atom. The number of hydrogen-bond acceptors (Lipinski definition) is 10. The Bertz CT molecular complexity index is 1570. The van der Waals surface area contributed by atoms with E-state index in [0.29, 0.717) is 60.7 Å². The summed E-state index contributed by atoms with van der Waals surface area (Å²) in [5.74, 6) is 1.91. The number of fused-ring (bicyclic) bond motifs is 2. The summed E-state index contributed by atoms with van der Waals surface area (Å²) >= 11 is 0. The summed E-state index contributed by atoms with van der Waals surface area (Å²) in [7, 11) is -3.11. The number of likely N-dealkylation sites (tertiary alicyclic amines) is 1. The van der Waals surface area contributed by atoms with Crippen LogP contribution in [-0.2, 0) is 25.9 Å². The molecule has 0 unspecified atom stereocenters. The van der Waals surface area contributed by atoms with Crippen LogP contribution < -0.4 is 14.5 Å². The number of rotatable bonds is 3. The molecule has 1 aromatic carbocycles. The van der Waals surface area contributed by atoms with Gasteiger partial charge in [0, 0.05) is 32.1 Å². The Kier molecular flexibility index (Phi) is 7.45. The number of carbonyl (C=O) groups is 2. The highest BCUT2D eigenvalue weighted by Crippen LogP contribution is 2.52. The molecule has 3 aliphatic heterocycles. The second kappa shape index (κ2) is 10.8. The Morgan fingerprint density at radius 1 is 0.886 bits per heavy atom. The number of hydrogen-bond donors (Lipinski definition) is 0. The molecule has 0 bridgehead atoms. The van der Waals surface area contributed by atoms with Crippen molar-refractivity contribution in [3.63, 3.8) is 0 Å². The van der Waals surface area contributed by atoms with Gasteiger partial charge in [-0.1, -0.05) is 6.07 Å². The van der Waals surface area contributed by atoms with Gasteiger partial charge in [0.05, 0.1) is 22.8 Å². The van der Waals surface area contributed by atoms with Crippen molar-refractivity contribution in [3.05, 3.63) is 35.2 Å². The van der Waals surface area contributed by atoms with Gasteiger partial charge in [-0.3, -0.25) is 0 Å². The van der Waals surface area contributed by atoms with Crippen LogP contribution in [0, 0.1) is 0 Å². The summed E-state index contributed by atoms with van der Waals surface area (Å²) in [6.45, 7) is 12.7. The van der Waals surface area contributed by atoms with E-state index in [-0.39, 0.29) is 30.1 Å². The maximum Gasteiger partial charge on any atom is 0.420 e. The highest BCUT2D eigenvalue weighted by molar-refractivity contribution is 7.91. The van der Waals surface area contributed by atoms with E-state index in [1.165, 1.54) is 11.2 Å². The predicted octanol–water partition coefficient (Wildman–Crippen LogP) is 4.89. The Balaban J connectivity index is 1.41. The fourth-order valence-corrected chi connectivity index (χ4v) is 6.94. The normalized spacial score (nSPS) is 20.1. The number of anilines is 3. The third-order valence-electron chi connectivity index (χ3n) is 8.08. The second-order valence-corrected chi connectivity index (χ2v) is 16.4. The first-order valence-electron chi connectivity index (χ1n) is 15.2. The number of amides is 2. The lowest BCUT2D eigenvalue weighted by atomic mass is 9.89. The molecule has 1 aromatic heterocycles. The smallest absolute Gasteiger partial charge is 0.420 e. The van der Waals surface area contributed by atoms with E-state index in [4.69, 9.17) is 14.2 Å². The van der Waals surface area contributed by atoms with E-state index in [9.17, 15) is 18.0 Å². The first-order chi connectivity index (χ1) is 20.6. The average molecular weight is 628 g/mol. The molecule has 0 spiro atoms. The minimum absolute atomic E-state index is 0.0273. The lowest BCUT2D eigenvalue weighted by molar-refractivity contribution is 0.00817. The molecule has 44 heavy (non-hydrogen) atoms. The molecule has 12 nitrogen and oxygen atoms in total. The van der Waals surface area contributed by atoms with Gasteiger partial charge in [-0.05, 0) is 77.5 Å². The molecule has 4 heterocycles. The SMILES string of the molecule is CC(C)(C)OC(=O)N1CC(c2cc(C3CC3)c3c(c2)N(C(=O)OC(C)(C)C)c2ncnc(N4CCS(=O)(=O)CC4)c2CO3)C1. The lowest BCUT2D eigenvalue weighted by Gasteiger charge is -2.40. The number of nitrogens with zero attached hydrogens (tertiary/aromatic N) is 5. The van der Waals surface area contributed by atoms with Gasteiger partial charge in [0.1, 0.15) is 35.7 Å². The van der Waals surface area contributed by atoms with Crippen molar-refractivity contribution in [3.8, 4) is 5.75 Å². The van der Waals surface area contributed by atoms with Gasteiger partial charge >= 0.3 is 12.2 Å². The summed E-state index contributed by atoms with van der Waals surface area (Å²) in [5, 5.41) is 0. The molecule has 3 fully saturated rings. The first-order valence-corrected chi connectivity index (χ1v) is 17.0. The van der Waals surface area contributed by atoms with Crippen LogP contribution in [-0.4, -0.2) is 84.4 Å². The third kappa shape index (κ3) is 6.29. The van der Waals surface area contributed by atoms with Gasteiger partial charge in [-0.2, -0.15) is 0 Å².